The lowest BCUT2D eigenvalue weighted by atomic mass is 9.70. The van der Waals surface area contributed by atoms with E-state index < -0.39 is 11.5 Å². The standard InChI is InChI=1S/C12H21N3O3/c1-8-2-4-12(7-13,5-3-8)11(17)14-9-6-18-15-10(9)16/h8-9H,2-7,13H2,1H3,(H,14,17)(H,15,16)/t8?,9-,12?/m1/s1. The molecule has 0 radical (unpaired) electrons. The van der Waals surface area contributed by atoms with Crippen molar-refractivity contribution in [3.05, 3.63) is 0 Å². The monoisotopic (exact) mass is 255 g/mol. The second-order valence-corrected chi connectivity index (χ2v) is 5.47. The number of carbonyl (C=O) groups excluding carboxylic acids is 2. The smallest absolute Gasteiger partial charge is 0.268 e. The van der Waals surface area contributed by atoms with Gasteiger partial charge < -0.3 is 11.1 Å². The van der Waals surface area contributed by atoms with E-state index in [1.807, 2.05) is 0 Å². The van der Waals surface area contributed by atoms with Gasteiger partial charge in [0.25, 0.3) is 5.91 Å². The molecule has 102 valence electrons. The number of carbonyl (C=O) groups is 2. The summed E-state index contributed by atoms with van der Waals surface area (Å²) in [6.45, 7) is 2.71. The third-order valence-corrected chi connectivity index (χ3v) is 4.15. The van der Waals surface area contributed by atoms with Crippen LogP contribution in [0, 0.1) is 11.3 Å². The maximum Gasteiger partial charge on any atom is 0.268 e. The largest absolute Gasteiger partial charge is 0.342 e. The van der Waals surface area contributed by atoms with Gasteiger partial charge in [-0.1, -0.05) is 6.92 Å². The third-order valence-electron chi connectivity index (χ3n) is 4.15. The summed E-state index contributed by atoms with van der Waals surface area (Å²) in [6, 6.07) is -0.583. The average molecular weight is 255 g/mol. The number of amides is 2. The second kappa shape index (κ2) is 5.24. The van der Waals surface area contributed by atoms with Crippen LogP contribution in [-0.2, 0) is 14.4 Å². The Bertz CT molecular complexity index is 337. The van der Waals surface area contributed by atoms with E-state index in [0.29, 0.717) is 12.5 Å². The topological polar surface area (TPSA) is 93.5 Å². The van der Waals surface area contributed by atoms with E-state index in [9.17, 15) is 9.59 Å². The molecule has 1 aliphatic heterocycles. The molecule has 1 aliphatic carbocycles. The van der Waals surface area contributed by atoms with Crippen LogP contribution >= 0.6 is 0 Å². The molecule has 0 aromatic carbocycles. The predicted molar refractivity (Wildman–Crippen MR) is 65.1 cm³/mol. The van der Waals surface area contributed by atoms with Crippen LogP contribution in [0.25, 0.3) is 0 Å². The van der Waals surface area contributed by atoms with Gasteiger partial charge in [-0.25, -0.2) is 5.48 Å². The normalized spacial score (nSPS) is 36.2. The maximum atomic E-state index is 12.3. The Labute approximate surface area is 107 Å². The lowest BCUT2D eigenvalue weighted by Crippen LogP contribution is -2.53. The molecule has 2 amide bonds. The Morgan fingerprint density at radius 1 is 1.56 bits per heavy atom. The summed E-state index contributed by atoms with van der Waals surface area (Å²) >= 11 is 0. The van der Waals surface area contributed by atoms with E-state index in [1.54, 1.807) is 0 Å². The molecule has 2 rings (SSSR count). The van der Waals surface area contributed by atoms with E-state index in [2.05, 4.69) is 17.7 Å². The summed E-state index contributed by atoms with van der Waals surface area (Å²) in [6.07, 6.45) is 3.62. The number of hydrogen-bond donors (Lipinski definition) is 3. The summed E-state index contributed by atoms with van der Waals surface area (Å²) in [5, 5.41) is 2.75. The average Bonchev–Trinajstić information content (AvgIpc) is 2.76. The minimum atomic E-state index is -0.583. The fraction of sp³-hybridized carbons (Fsp3) is 0.833. The molecule has 6 nitrogen and oxygen atoms in total. The molecule has 2 aliphatic rings. The van der Waals surface area contributed by atoms with Crippen molar-refractivity contribution in [3.63, 3.8) is 0 Å². The molecule has 1 saturated heterocycles. The molecule has 1 heterocycles. The first kappa shape index (κ1) is 13.3. The van der Waals surface area contributed by atoms with Crippen LogP contribution in [0.2, 0.25) is 0 Å². The van der Waals surface area contributed by atoms with E-state index >= 15 is 0 Å². The van der Waals surface area contributed by atoms with Crippen LogP contribution < -0.4 is 16.5 Å². The number of nitrogens with one attached hydrogen (secondary N) is 2. The Morgan fingerprint density at radius 3 is 2.72 bits per heavy atom. The number of hydrogen-bond acceptors (Lipinski definition) is 4. The Morgan fingerprint density at radius 2 is 2.22 bits per heavy atom. The van der Waals surface area contributed by atoms with Crippen LogP contribution in [0.5, 0.6) is 0 Å². The van der Waals surface area contributed by atoms with Crippen LogP contribution in [0.4, 0.5) is 0 Å². The molecule has 0 spiro atoms. The fourth-order valence-electron chi connectivity index (χ4n) is 2.60. The molecule has 4 N–H and O–H groups in total. The van der Waals surface area contributed by atoms with Gasteiger partial charge in [0.1, 0.15) is 12.6 Å². The summed E-state index contributed by atoms with van der Waals surface area (Å²) in [5.74, 6) is 0.248. The number of hydroxylamine groups is 1. The van der Waals surface area contributed by atoms with Crippen molar-refractivity contribution < 1.29 is 14.4 Å². The van der Waals surface area contributed by atoms with Gasteiger partial charge in [-0.05, 0) is 31.6 Å². The van der Waals surface area contributed by atoms with E-state index in [-0.39, 0.29) is 18.4 Å². The second-order valence-electron chi connectivity index (χ2n) is 5.47. The minimum Gasteiger partial charge on any atom is -0.342 e. The predicted octanol–water partition coefficient (Wildman–Crippen LogP) is -0.312. The Hall–Kier alpha value is -1.14. The highest BCUT2D eigenvalue weighted by molar-refractivity contribution is 5.90. The molecule has 1 saturated carbocycles. The number of nitrogens with two attached hydrogens (primary N) is 1. The first-order chi connectivity index (χ1) is 8.57. The van der Waals surface area contributed by atoms with Crippen molar-refractivity contribution in [2.45, 2.75) is 38.6 Å². The lowest BCUT2D eigenvalue weighted by molar-refractivity contribution is -0.136. The molecule has 0 aromatic heterocycles. The van der Waals surface area contributed by atoms with Crippen molar-refractivity contribution in [3.8, 4) is 0 Å². The van der Waals surface area contributed by atoms with Crippen molar-refractivity contribution in [1.29, 1.82) is 0 Å². The summed E-state index contributed by atoms with van der Waals surface area (Å²) in [5.41, 5.74) is 7.53. The van der Waals surface area contributed by atoms with Gasteiger partial charge in [0, 0.05) is 6.54 Å². The van der Waals surface area contributed by atoms with Gasteiger partial charge in [0.2, 0.25) is 5.91 Å². The van der Waals surface area contributed by atoms with Gasteiger partial charge in [0.15, 0.2) is 0 Å². The molecule has 2 fully saturated rings. The minimum absolute atomic E-state index is 0.109. The first-order valence-electron chi connectivity index (χ1n) is 6.50. The maximum absolute atomic E-state index is 12.3. The highest BCUT2D eigenvalue weighted by Crippen LogP contribution is 2.38. The van der Waals surface area contributed by atoms with Gasteiger partial charge >= 0.3 is 0 Å². The quantitative estimate of drug-likeness (QED) is 0.644. The fourth-order valence-corrected chi connectivity index (χ4v) is 2.60. The van der Waals surface area contributed by atoms with Gasteiger partial charge in [-0.3, -0.25) is 14.4 Å². The van der Waals surface area contributed by atoms with Gasteiger partial charge in [0.05, 0.1) is 5.41 Å². The first-order valence-corrected chi connectivity index (χ1v) is 6.50. The van der Waals surface area contributed by atoms with Crippen molar-refractivity contribution in [2.24, 2.45) is 17.1 Å². The lowest BCUT2D eigenvalue weighted by Gasteiger charge is -2.37. The Kier molecular flexibility index (Phi) is 3.87. The van der Waals surface area contributed by atoms with Crippen molar-refractivity contribution in [1.82, 2.24) is 10.8 Å². The van der Waals surface area contributed by atoms with Crippen LogP contribution in [-0.4, -0.2) is 31.0 Å². The molecule has 18 heavy (non-hydrogen) atoms. The zero-order valence-electron chi connectivity index (χ0n) is 10.7. The van der Waals surface area contributed by atoms with E-state index in [4.69, 9.17) is 10.6 Å². The SMILES string of the molecule is CC1CCC(CN)(C(=O)N[C@@H]2CONC2=O)CC1. The third kappa shape index (κ3) is 2.49. The molecule has 0 aromatic rings. The molecule has 6 heteroatoms. The van der Waals surface area contributed by atoms with Crippen molar-refractivity contribution in [2.75, 3.05) is 13.2 Å². The summed E-state index contributed by atoms with van der Waals surface area (Å²) in [7, 11) is 0. The highest BCUT2D eigenvalue weighted by Gasteiger charge is 2.41. The molecule has 0 bridgehead atoms. The highest BCUT2D eigenvalue weighted by atomic mass is 16.7. The van der Waals surface area contributed by atoms with Crippen LogP contribution in [0.15, 0.2) is 0 Å². The molecule has 1 atom stereocenters. The van der Waals surface area contributed by atoms with Crippen molar-refractivity contribution >= 4 is 11.8 Å². The summed E-state index contributed by atoms with van der Waals surface area (Å²) in [4.78, 5) is 28.5. The Balaban J connectivity index is 1.99. The zero-order valence-corrected chi connectivity index (χ0v) is 10.7. The number of rotatable bonds is 3. The molecule has 0 unspecified atom stereocenters. The van der Waals surface area contributed by atoms with Gasteiger partial charge in [-0.15, -0.1) is 0 Å². The van der Waals surface area contributed by atoms with E-state index in [1.165, 1.54) is 0 Å². The summed E-state index contributed by atoms with van der Waals surface area (Å²) < 4.78 is 0. The van der Waals surface area contributed by atoms with Crippen LogP contribution in [0.3, 0.4) is 0 Å². The molecular weight excluding hydrogens is 234 g/mol. The zero-order chi connectivity index (χ0) is 13.2. The van der Waals surface area contributed by atoms with E-state index in [0.717, 1.165) is 25.7 Å². The molecular formula is C12H21N3O3. The van der Waals surface area contributed by atoms with Crippen LogP contribution in [0.1, 0.15) is 32.6 Å². The van der Waals surface area contributed by atoms with Gasteiger partial charge in [-0.2, -0.15) is 0 Å².